The molecule has 2 rings (SSSR count). The van der Waals surface area contributed by atoms with Gasteiger partial charge in [-0.25, -0.2) is 13.1 Å². The van der Waals surface area contributed by atoms with Crippen LogP contribution in [-0.2, 0) is 16.6 Å². The zero-order chi connectivity index (χ0) is 14.6. The van der Waals surface area contributed by atoms with Gasteiger partial charge in [0, 0.05) is 34.6 Å². The van der Waals surface area contributed by atoms with Gasteiger partial charge in [-0.15, -0.1) is 11.3 Å². The Balaban J connectivity index is 2.08. The topological polar surface area (TPSA) is 86.9 Å². The third-order valence-corrected chi connectivity index (χ3v) is 5.45. The number of sulfonamides is 1. The summed E-state index contributed by atoms with van der Waals surface area (Å²) >= 11 is 1.44. The van der Waals surface area contributed by atoms with Crippen LogP contribution in [0.5, 0.6) is 0 Å². The van der Waals surface area contributed by atoms with Crippen molar-refractivity contribution < 1.29 is 8.42 Å². The highest BCUT2D eigenvalue weighted by molar-refractivity contribution is 7.89. The van der Waals surface area contributed by atoms with E-state index in [-0.39, 0.29) is 6.04 Å². The smallest absolute Gasteiger partial charge is 0.241 e. The number of aromatic nitrogens is 2. The molecule has 0 aliphatic heterocycles. The van der Waals surface area contributed by atoms with Gasteiger partial charge in [-0.2, -0.15) is 5.10 Å². The summed E-state index contributed by atoms with van der Waals surface area (Å²) in [6.07, 6.45) is 3.29. The van der Waals surface area contributed by atoms with Gasteiger partial charge in [0.05, 0.1) is 11.1 Å². The van der Waals surface area contributed by atoms with E-state index in [4.69, 9.17) is 0 Å². The van der Waals surface area contributed by atoms with Gasteiger partial charge < -0.3 is 5.32 Å². The van der Waals surface area contributed by atoms with E-state index in [1.165, 1.54) is 11.3 Å². The molecule has 0 saturated heterocycles. The molecule has 1 unspecified atom stereocenters. The Bertz CT molecular complexity index is 634. The lowest BCUT2D eigenvalue weighted by atomic mass is 10.2. The van der Waals surface area contributed by atoms with Crippen LogP contribution in [0.2, 0.25) is 0 Å². The van der Waals surface area contributed by atoms with Crippen LogP contribution in [0.4, 0.5) is 0 Å². The fourth-order valence-corrected chi connectivity index (χ4v) is 4.19. The molecule has 0 spiro atoms. The van der Waals surface area contributed by atoms with E-state index in [0.29, 0.717) is 11.4 Å². The van der Waals surface area contributed by atoms with Gasteiger partial charge in [-0.3, -0.25) is 5.10 Å². The number of hydrogen-bond donors (Lipinski definition) is 3. The summed E-state index contributed by atoms with van der Waals surface area (Å²) in [5.74, 6) is 0. The minimum atomic E-state index is -3.50. The van der Waals surface area contributed by atoms with Crippen molar-refractivity contribution in [2.75, 3.05) is 6.54 Å². The van der Waals surface area contributed by atoms with Gasteiger partial charge in [0.15, 0.2) is 0 Å². The minimum absolute atomic E-state index is 0.311. The van der Waals surface area contributed by atoms with Crippen molar-refractivity contribution in [3.05, 3.63) is 34.3 Å². The molecular weight excluding hydrogens is 296 g/mol. The van der Waals surface area contributed by atoms with Crippen molar-refractivity contribution in [1.82, 2.24) is 20.2 Å². The van der Waals surface area contributed by atoms with Gasteiger partial charge in [0.25, 0.3) is 0 Å². The highest BCUT2D eigenvalue weighted by atomic mass is 32.2. The number of rotatable bonds is 7. The predicted octanol–water partition coefficient (Wildman–Crippen LogP) is 1.62. The number of aromatic amines is 1. The summed E-state index contributed by atoms with van der Waals surface area (Å²) in [6.45, 7) is 5.34. The average molecular weight is 314 g/mol. The Morgan fingerprint density at radius 2 is 2.30 bits per heavy atom. The van der Waals surface area contributed by atoms with Crippen molar-refractivity contribution in [3.8, 4) is 0 Å². The van der Waals surface area contributed by atoms with Crippen molar-refractivity contribution in [2.45, 2.75) is 31.3 Å². The van der Waals surface area contributed by atoms with Gasteiger partial charge in [-0.05, 0) is 19.5 Å². The molecule has 0 aliphatic rings. The Morgan fingerprint density at radius 3 is 2.95 bits per heavy atom. The van der Waals surface area contributed by atoms with Crippen LogP contribution in [0.15, 0.2) is 28.7 Å². The summed E-state index contributed by atoms with van der Waals surface area (Å²) in [4.78, 5) is 1.31. The van der Waals surface area contributed by atoms with Gasteiger partial charge >= 0.3 is 0 Å². The molecule has 0 aliphatic carbocycles. The third kappa shape index (κ3) is 3.66. The number of hydrogen-bond acceptors (Lipinski definition) is 5. The summed E-state index contributed by atoms with van der Waals surface area (Å²) in [5.41, 5.74) is 0.802. The molecule has 3 N–H and O–H groups in total. The fraction of sp³-hybridized carbons (Fsp3) is 0.417. The first kappa shape index (κ1) is 15.2. The maximum atomic E-state index is 12.3. The van der Waals surface area contributed by atoms with Gasteiger partial charge in [0.1, 0.15) is 0 Å². The SMILES string of the molecule is CCNCc1cc(S(=O)(=O)NC(C)c2cn[nH]c2)cs1. The van der Waals surface area contributed by atoms with Crippen LogP contribution in [0.1, 0.15) is 30.3 Å². The van der Waals surface area contributed by atoms with E-state index in [1.54, 1.807) is 30.8 Å². The number of thiophene rings is 1. The lowest BCUT2D eigenvalue weighted by Crippen LogP contribution is -2.26. The molecule has 0 bridgehead atoms. The number of nitrogens with one attached hydrogen (secondary N) is 3. The molecule has 6 nitrogen and oxygen atoms in total. The Morgan fingerprint density at radius 1 is 1.50 bits per heavy atom. The molecule has 0 radical (unpaired) electrons. The first-order chi connectivity index (χ1) is 9.53. The largest absolute Gasteiger partial charge is 0.312 e. The Hall–Kier alpha value is -1.22. The molecule has 0 fully saturated rings. The summed E-state index contributed by atoms with van der Waals surface area (Å²) in [5, 5.41) is 11.3. The van der Waals surface area contributed by atoms with Crippen LogP contribution in [0.25, 0.3) is 0 Å². The molecule has 110 valence electrons. The van der Waals surface area contributed by atoms with Crippen molar-refractivity contribution in [2.24, 2.45) is 0 Å². The Kier molecular flexibility index (Phi) is 4.92. The summed E-state index contributed by atoms with van der Waals surface area (Å²) < 4.78 is 27.2. The second-order valence-corrected chi connectivity index (χ2v) is 7.11. The average Bonchev–Trinajstić information content (AvgIpc) is 3.07. The lowest BCUT2D eigenvalue weighted by Gasteiger charge is -2.11. The maximum absolute atomic E-state index is 12.3. The van der Waals surface area contributed by atoms with E-state index >= 15 is 0 Å². The molecule has 0 aromatic carbocycles. The second kappa shape index (κ2) is 6.49. The minimum Gasteiger partial charge on any atom is -0.312 e. The first-order valence-corrected chi connectivity index (χ1v) is 8.68. The van der Waals surface area contributed by atoms with E-state index in [0.717, 1.165) is 17.0 Å². The monoisotopic (exact) mass is 314 g/mol. The predicted molar refractivity (Wildman–Crippen MR) is 79.0 cm³/mol. The molecular formula is C12H18N4O2S2. The summed E-state index contributed by atoms with van der Waals surface area (Å²) in [7, 11) is -3.50. The van der Waals surface area contributed by atoms with Crippen molar-refractivity contribution in [1.29, 1.82) is 0 Å². The second-order valence-electron chi connectivity index (χ2n) is 4.40. The fourth-order valence-electron chi connectivity index (χ4n) is 1.71. The Labute approximate surface area is 122 Å². The standard InChI is InChI=1S/C12H18N4O2S2/c1-3-13-7-11-4-12(8-19-11)20(17,18)16-9(2)10-5-14-15-6-10/h4-6,8-9,13,16H,3,7H2,1-2H3,(H,14,15). The number of H-pyrrole nitrogens is 1. The molecule has 8 heteroatoms. The van der Waals surface area contributed by atoms with E-state index < -0.39 is 10.0 Å². The lowest BCUT2D eigenvalue weighted by molar-refractivity contribution is 0.567. The van der Waals surface area contributed by atoms with Crippen molar-refractivity contribution in [3.63, 3.8) is 0 Å². The first-order valence-electron chi connectivity index (χ1n) is 6.32. The van der Waals surface area contributed by atoms with Crippen molar-refractivity contribution >= 4 is 21.4 Å². The zero-order valence-corrected chi connectivity index (χ0v) is 13.0. The van der Waals surface area contributed by atoms with E-state index in [1.807, 2.05) is 6.92 Å². The van der Waals surface area contributed by atoms with Crippen LogP contribution in [0.3, 0.4) is 0 Å². The van der Waals surface area contributed by atoms with Gasteiger partial charge in [-0.1, -0.05) is 6.92 Å². The van der Waals surface area contributed by atoms with Crippen LogP contribution in [0, 0.1) is 0 Å². The quantitative estimate of drug-likeness (QED) is 0.725. The molecule has 2 aromatic rings. The molecule has 2 aromatic heterocycles. The van der Waals surface area contributed by atoms with Crippen LogP contribution < -0.4 is 10.0 Å². The molecule has 0 amide bonds. The third-order valence-electron chi connectivity index (χ3n) is 2.84. The molecule has 2 heterocycles. The normalized spacial score (nSPS) is 13.5. The van der Waals surface area contributed by atoms with Crippen LogP contribution >= 0.6 is 11.3 Å². The molecule has 20 heavy (non-hydrogen) atoms. The van der Waals surface area contributed by atoms with Crippen LogP contribution in [-0.4, -0.2) is 25.2 Å². The highest BCUT2D eigenvalue weighted by Crippen LogP contribution is 2.21. The molecule has 1 atom stereocenters. The highest BCUT2D eigenvalue weighted by Gasteiger charge is 2.20. The van der Waals surface area contributed by atoms with E-state index in [9.17, 15) is 8.42 Å². The summed E-state index contributed by atoms with van der Waals surface area (Å²) in [6, 6.07) is 1.38. The number of nitrogens with zero attached hydrogens (tertiary/aromatic N) is 1. The maximum Gasteiger partial charge on any atom is 0.241 e. The zero-order valence-electron chi connectivity index (χ0n) is 11.4. The molecule has 0 saturated carbocycles. The van der Waals surface area contributed by atoms with E-state index in [2.05, 4.69) is 20.2 Å². The van der Waals surface area contributed by atoms with Gasteiger partial charge in [0.2, 0.25) is 10.0 Å².